The van der Waals surface area contributed by atoms with E-state index in [-0.39, 0.29) is 12.0 Å². The van der Waals surface area contributed by atoms with Gasteiger partial charge in [0.05, 0.1) is 6.10 Å². The number of carbonyl (C=O) groups excluding carboxylic acids is 1. The van der Waals surface area contributed by atoms with Gasteiger partial charge in [-0.25, -0.2) is 9.97 Å². The number of piperidine rings is 1. The fraction of sp³-hybridized carbons (Fsp3) is 0.261. The fourth-order valence-corrected chi connectivity index (χ4v) is 3.40. The summed E-state index contributed by atoms with van der Waals surface area (Å²) < 4.78 is 11.3. The molecular weight excluding hydrogens is 380 g/mol. The highest BCUT2D eigenvalue weighted by Crippen LogP contribution is 2.27. The van der Waals surface area contributed by atoms with Crippen molar-refractivity contribution in [1.29, 1.82) is 0 Å². The molecular formula is C23H24N4O3. The minimum atomic E-state index is -0.0684. The van der Waals surface area contributed by atoms with Crippen LogP contribution in [0.1, 0.15) is 23.2 Å². The molecule has 1 aliphatic rings. The van der Waals surface area contributed by atoms with Crippen LogP contribution in [0.5, 0.6) is 11.6 Å². The fourth-order valence-electron chi connectivity index (χ4n) is 3.40. The van der Waals surface area contributed by atoms with Crippen molar-refractivity contribution in [2.24, 2.45) is 0 Å². The Labute approximate surface area is 175 Å². The minimum Gasteiger partial charge on any atom is -0.438 e. The van der Waals surface area contributed by atoms with Gasteiger partial charge in [0.2, 0.25) is 5.88 Å². The van der Waals surface area contributed by atoms with E-state index in [1.165, 1.54) is 0 Å². The summed E-state index contributed by atoms with van der Waals surface area (Å²) in [6.45, 7) is 1.33. The SMILES string of the molecule is COC1CCN(C(=O)c2cccnc2Oc2ccc(Nc3ccccn3)cc2)CC1. The third-order valence-electron chi connectivity index (χ3n) is 5.07. The Morgan fingerprint density at radius 3 is 2.47 bits per heavy atom. The molecule has 0 spiro atoms. The number of nitrogens with one attached hydrogen (secondary N) is 1. The standard InChI is InChI=1S/C23H24N4O3/c1-29-18-11-15-27(16-12-18)23(28)20-5-4-14-25-22(20)30-19-9-7-17(8-10-19)26-21-6-2-3-13-24-21/h2-10,13-14,18H,11-12,15-16H2,1H3,(H,24,26). The number of benzene rings is 1. The highest BCUT2D eigenvalue weighted by Gasteiger charge is 2.26. The molecule has 30 heavy (non-hydrogen) atoms. The van der Waals surface area contributed by atoms with E-state index in [0.717, 1.165) is 24.3 Å². The Morgan fingerprint density at radius 2 is 1.77 bits per heavy atom. The average Bonchev–Trinajstić information content (AvgIpc) is 2.81. The number of amides is 1. The van der Waals surface area contributed by atoms with Crippen LogP contribution in [0.3, 0.4) is 0 Å². The first-order chi connectivity index (χ1) is 14.7. The van der Waals surface area contributed by atoms with Crippen LogP contribution in [-0.2, 0) is 4.74 Å². The van der Waals surface area contributed by atoms with Crippen molar-refractivity contribution < 1.29 is 14.3 Å². The molecule has 1 fully saturated rings. The molecule has 3 aromatic rings. The van der Waals surface area contributed by atoms with Crippen LogP contribution in [-0.4, -0.2) is 47.1 Å². The molecule has 2 aromatic heterocycles. The highest BCUT2D eigenvalue weighted by atomic mass is 16.5. The largest absolute Gasteiger partial charge is 0.438 e. The van der Waals surface area contributed by atoms with Gasteiger partial charge in [-0.15, -0.1) is 0 Å². The normalized spacial score (nSPS) is 14.4. The minimum absolute atomic E-state index is 0.0684. The van der Waals surface area contributed by atoms with Crippen LogP contribution in [0, 0.1) is 0 Å². The Bertz CT molecular complexity index is 971. The van der Waals surface area contributed by atoms with Gasteiger partial charge in [0.25, 0.3) is 5.91 Å². The molecule has 0 bridgehead atoms. The summed E-state index contributed by atoms with van der Waals surface area (Å²) in [4.78, 5) is 23.4. The first kappa shape index (κ1) is 19.8. The van der Waals surface area contributed by atoms with Gasteiger partial charge in [-0.2, -0.15) is 0 Å². The number of nitrogens with zero attached hydrogens (tertiary/aromatic N) is 3. The number of likely N-dealkylation sites (tertiary alicyclic amines) is 1. The number of carbonyl (C=O) groups is 1. The van der Waals surface area contributed by atoms with E-state index < -0.39 is 0 Å². The van der Waals surface area contributed by atoms with Gasteiger partial charge in [0, 0.05) is 38.3 Å². The van der Waals surface area contributed by atoms with Crippen LogP contribution in [0.15, 0.2) is 67.0 Å². The molecule has 0 unspecified atom stereocenters. The van der Waals surface area contributed by atoms with Gasteiger partial charge in [-0.3, -0.25) is 4.79 Å². The number of anilines is 2. The maximum atomic E-state index is 13.0. The first-order valence-corrected chi connectivity index (χ1v) is 9.96. The third kappa shape index (κ3) is 4.75. The topological polar surface area (TPSA) is 76.6 Å². The van der Waals surface area contributed by atoms with Crippen molar-refractivity contribution in [2.75, 3.05) is 25.5 Å². The van der Waals surface area contributed by atoms with Gasteiger partial charge >= 0.3 is 0 Å². The second kappa shape index (κ2) is 9.37. The van der Waals surface area contributed by atoms with Gasteiger partial charge < -0.3 is 19.7 Å². The van der Waals surface area contributed by atoms with E-state index in [1.54, 1.807) is 31.6 Å². The van der Waals surface area contributed by atoms with E-state index in [1.807, 2.05) is 47.4 Å². The smallest absolute Gasteiger partial charge is 0.259 e. The van der Waals surface area contributed by atoms with Crippen LogP contribution in [0.4, 0.5) is 11.5 Å². The van der Waals surface area contributed by atoms with Crippen molar-refractivity contribution in [1.82, 2.24) is 14.9 Å². The van der Waals surface area contributed by atoms with Crippen LogP contribution < -0.4 is 10.1 Å². The van der Waals surface area contributed by atoms with Gasteiger partial charge in [-0.1, -0.05) is 6.07 Å². The molecule has 0 radical (unpaired) electrons. The summed E-state index contributed by atoms with van der Waals surface area (Å²) in [6, 6.07) is 16.6. The molecule has 154 valence electrons. The number of pyridine rings is 2. The summed E-state index contributed by atoms with van der Waals surface area (Å²) in [6.07, 6.45) is 5.25. The van der Waals surface area contributed by atoms with Gasteiger partial charge in [0.1, 0.15) is 17.1 Å². The van der Waals surface area contributed by atoms with E-state index in [4.69, 9.17) is 9.47 Å². The lowest BCUT2D eigenvalue weighted by molar-refractivity contribution is 0.0349. The first-order valence-electron chi connectivity index (χ1n) is 9.96. The Kier molecular flexibility index (Phi) is 6.20. The zero-order valence-electron chi connectivity index (χ0n) is 16.8. The molecule has 7 heteroatoms. The van der Waals surface area contributed by atoms with Crippen molar-refractivity contribution in [2.45, 2.75) is 18.9 Å². The van der Waals surface area contributed by atoms with Gasteiger partial charge in [0.15, 0.2) is 0 Å². The molecule has 1 saturated heterocycles. The number of methoxy groups -OCH3 is 1. The lowest BCUT2D eigenvalue weighted by Gasteiger charge is -2.31. The Balaban J connectivity index is 1.44. The molecule has 1 N–H and O–H groups in total. The predicted octanol–water partition coefficient (Wildman–Crippen LogP) is 4.26. The molecule has 4 rings (SSSR count). The second-order valence-corrected chi connectivity index (χ2v) is 7.05. The summed E-state index contributed by atoms with van der Waals surface area (Å²) >= 11 is 0. The zero-order valence-corrected chi connectivity index (χ0v) is 16.8. The number of rotatable bonds is 6. The molecule has 1 aliphatic heterocycles. The zero-order chi connectivity index (χ0) is 20.8. The van der Waals surface area contributed by atoms with Crippen LogP contribution >= 0.6 is 0 Å². The molecule has 0 aliphatic carbocycles. The molecule has 0 saturated carbocycles. The van der Waals surface area contributed by atoms with E-state index in [2.05, 4.69) is 15.3 Å². The van der Waals surface area contributed by atoms with Crippen molar-refractivity contribution >= 4 is 17.4 Å². The maximum absolute atomic E-state index is 13.0. The third-order valence-corrected chi connectivity index (χ3v) is 5.07. The molecule has 0 atom stereocenters. The lowest BCUT2D eigenvalue weighted by atomic mass is 10.1. The van der Waals surface area contributed by atoms with Crippen molar-refractivity contribution in [3.63, 3.8) is 0 Å². The van der Waals surface area contributed by atoms with Crippen LogP contribution in [0.25, 0.3) is 0 Å². The summed E-state index contributed by atoms with van der Waals surface area (Å²) in [5.41, 5.74) is 1.35. The number of aromatic nitrogens is 2. The predicted molar refractivity (Wildman–Crippen MR) is 114 cm³/mol. The van der Waals surface area contributed by atoms with Crippen molar-refractivity contribution in [3.05, 3.63) is 72.6 Å². The molecule has 3 heterocycles. The van der Waals surface area contributed by atoms with Crippen LogP contribution in [0.2, 0.25) is 0 Å². The summed E-state index contributed by atoms with van der Waals surface area (Å²) in [5, 5.41) is 3.22. The molecule has 1 amide bonds. The average molecular weight is 404 g/mol. The number of ether oxygens (including phenoxy) is 2. The second-order valence-electron chi connectivity index (χ2n) is 7.05. The quantitative estimate of drug-likeness (QED) is 0.661. The summed E-state index contributed by atoms with van der Waals surface area (Å²) in [7, 11) is 1.71. The highest BCUT2D eigenvalue weighted by molar-refractivity contribution is 5.96. The molecule has 1 aromatic carbocycles. The lowest BCUT2D eigenvalue weighted by Crippen LogP contribution is -2.40. The molecule has 7 nitrogen and oxygen atoms in total. The number of hydrogen-bond donors (Lipinski definition) is 1. The Morgan fingerprint density at radius 1 is 1.00 bits per heavy atom. The van der Waals surface area contributed by atoms with E-state index in [0.29, 0.717) is 30.3 Å². The number of hydrogen-bond acceptors (Lipinski definition) is 6. The van der Waals surface area contributed by atoms with E-state index in [9.17, 15) is 4.79 Å². The monoisotopic (exact) mass is 404 g/mol. The summed E-state index contributed by atoms with van der Waals surface area (Å²) in [5.74, 6) is 1.61. The van der Waals surface area contributed by atoms with Gasteiger partial charge in [-0.05, 0) is 61.4 Å². The van der Waals surface area contributed by atoms with E-state index >= 15 is 0 Å². The Hall–Kier alpha value is -3.45. The van der Waals surface area contributed by atoms with Crippen molar-refractivity contribution in [3.8, 4) is 11.6 Å². The maximum Gasteiger partial charge on any atom is 0.259 e.